The molecular formula is C3H6NTa-. The van der Waals surface area contributed by atoms with Gasteiger partial charge in [-0.1, -0.05) is 6.92 Å². The Morgan fingerprint density at radius 1 is 1.80 bits per heavy atom. The normalized spacial score (nSPS) is 31.8. The van der Waals surface area contributed by atoms with Gasteiger partial charge in [-0.15, -0.1) is 0 Å². The molecule has 1 aliphatic rings. The topological polar surface area (TPSA) is 14.1 Å². The average Bonchev–Trinajstić information content (AvgIpc) is 1.75. The van der Waals surface area contributed by atoms with E-state index in [1.54, 1.807) is 0 Å². The van der Waals surface area contributed by atoms with E-state index in [2.05, 4.69) is 12.2 Å². The van der Waals surface area contributed by atoms with Crippen LogP contribution in [0.3, 0.4) is 0 Å². The predicted octanol–water partition coefficient (Wildman–Crippen LogP) is 0.760. The minimum absolute atomic E-state index is 0. The molecule has 29 valence electrons. The molecule has 1 atom stereocenters. The SMILES string of the molecule is CC1C[N-]1.[Ta]. The van der Waals surface area contributed by atoms with Crippen molar-refractivity contribution in [3.8, 4) is 0 Å². The van der Waals surface area contributed by atoms with E-state index in [1.165, 1.54) is 0 Å². The van der Waals surface area contributed by atoms with Gasteiger partial charge in [0.15, 0.2) is 0 Å². The molecule has 0 N–H and O–H groups in total. The Hall–Kier alpha value is 0.700. The molecule has 0 spiro atoms. The predicted molar refractivity (Wildman–Crippen MR) is 17.7 cm³/mol. The molecule has 5 heavy (non-hydrogen) atoms. The summed E-state index contributed by atoms with van der Waals surface area (Å²) in [6.07, 6.45) is 0. The molecule has 1 saturated heterocycles. The van der Waals surface area contributed by atoms with Crippen LogP contribution in [0.4, 0.5) is 0 Å². The second kappa shape index (κ2) is 1.98. The van der Waals surface area contributed by atoms with E-state index < -0.39 is 0 Å². The van der Waals surface area contributed by atoms with Gasteiger partial charge in [-0.05, 0) is 0 Å². The van der Waals surface area contributed by atoms with E-state index >= 15 is 0 Å². The van der Waals surface area contributed by atoms with E-state index in [4.69, 9.17) is 0 Å². The van der Waals surface area contributed by atoms with Crippen LogP contribution in [-0.4, -0.2) is 12.6 Å². The van der Waals surface area contributed by atoms with Gasteiger partial charge in [-0.3, -0.25) is 0 Å². The monoisotopic (exact) mass is 237 g/mol. The first kappa shape index (κ1) is 5.70. The molecule has 2 heteroatoms. The maximum atomic E-state index is 3.90. The van der Waals surface area contributed by atoms with E-state index in [9.17, 15) is 0 Å². The molecule has 0 bridgehead atoms. The van der Waals surface area contributed by atoms with Crippen molar-refractivity contribution in [1.82, 2.24) is 0 Å². The maximum Gasteiger partial charge on any atom is 0 e. The van der Waals surface area contributed by atoms with Crippen molar-refractivity contribution in [2.24, 2.45) is 0 Å². The first-order valence-electron chi connectivity index (χ1n) is 1.56. The molecule has 1 fully saturated rings. The molecule has 1 heterocycles. The van der Waals surface area contributed by atoms with Crippen LogP contribution in [0.1, 0.15) is 6.92 Å². The quantitative estimate of drug-likeness (QED) is 0.552. The van der Waals surface area contributed by atoms with Crippen LogP contribution < -0.4 is 0 Å². The molecule has 0 aliphatic carbocycles. The zero-order valence-electron chi connectivity index (χ0n) is 3.18. The van der Waals surface area contributed by atoms with E-state index in [-0.39, 0.29) is 22.4 Å². The summed E-state index contributed by atoms with van der Waals surface area (Å²) in [6, 6.07) is 0.708. The molecule has 0 saturated carbocycles. The minimum atomic E-state index is 0. The van der Waals surface area contributed by atoms with Crippen LogP contribution in [0.2, 0.25) is 0 Å². The molecule has 0 aromatic carbocycles. The van der Waals surface area contributed by atoms with Crippen LogP contribution in [0.5, 0.6) is 0 Å². The summed E-state index contributed by atoms with van der Waals surface area (Å²) in [7, 11) is 0. The third-order valence-corrected chi connectivity index (χ3v) is 0.548. The smallest absolute Gasteiger partial charge is 0 e. The van der Waals surface area contributed by atoms with E-state index in [0.717, 1.165) is 6.54 Å². The van der Waals surface area contributed by atoms with Crippen LogP contribution >= 0.6 is 0 Å². The first-order chi connectivity index (χ1) is 1.89. The number of nitrogens with zero attached hydrogens (tertiary/aromatic N) is 1. The average molecular weight is 237 g/mol. The summed E-state index contributed by atoms with van der Waals surface area (Å²) in [6.45, 7) is 3.22. The molecule has 1 radical (unpaired) electrons. The van der Waals surface area contributed by atoms with Crippen molar-refractivity contribution in [1.29, 1.82) is 0 Å². The Morgan fingerprint density at radius 3 is 2.00 bits per heavy atom. The third kappa shape index (κ3) is 2.50. The van der Waals surface area contributed by atoms with Crippen molar-refractivity contribution in [3.63, 3.8) is 0 Å². The van der Waals surface area contributed by atoms with Gasteiger partial charge in [0.25, 0.3) is 0 Å². The van der Waals surface area contributed by atoms with Gasteiger partial charge in [-0.2, -0.15) is 12.6 Å². The van der Waals surface area contributed by atoms with Crippen LogP contribution in [0.15, 0.2) is 0 Å². The molecule has 1 nitrogen and oxygen atoms in total. The third-order valence-electron chi connectivity index (χ3n) is 0.548. The molecule has 1 aliphatic heterocycles. The van der Waals surface area contributed by atoms with Crippen LogP contribution in [0.25, 0.3) is 5.32 Å². The Balaban J connectivity index is 0.000000160. The fraction of sp³-hybridized carbons (Fsp3) is 1.00. The summed E-state index contributed by atoms with van der Waals surface area (Å²) in [5.41, 5.74) is 0. The second-order valence-electron chi connectivity index (χ2n) is 1.21. The molecule has 0 aromatic rings. The Morgan fingerprint density at radius 2 is 2.00 bits per heavy atom. The van der Waals surface area contributed by atoms with Gasteiger partial charge >= 0.3 is 0 Å². The summed E-state index contributed by atoms with van der Waals surface area (Å²) in [5.74, 6) is 0. The second-order valence-corrected chi connectivity index (χ2v) is 1.21. The Kier molecular flexibility index (Phi) is 2.26. The van der Waals surface area contributed by atoms with Gasteiger partial charge in [0.05, 0.1) is 0 Å². The largest absolute Gasteiger partial charge is 0.662 e. The van der Waals surface area contributed by atoms with Gasteiger partial charge < -0.3 is 5.32 Å². The van der Waals surface area contributed by atoms with Crippen molar-refractivity contribution < 1.29 is 22.4 Å². The van der Waals surface area contributed by atoms with Gasteiger partial charge in [0.2, 0.25) is 0 Å². The number of hydrogen-bond donors (Lipinski definition) is 0. The number of hydrogen-bond acceptors (Lipinski definition) is 0. The fourth-order valence-corrected chi connectivity index (χ4v) is 0.105. The van der Waals surface area contributed by atoms with Crippen LogP contribution in [0, 0.1) is 0 Å². The Labute approximate surface area is 47.6 Å². The van der Waals surface area contributed by atoms with E-state index in [0.29, 0.717) is 6.04 Å². The Bertz CT molecular complexity index is 26.1. The summed E-state index contributed by atoms with van der Waals surface area (Å²) >= 11 is 0. The summed E-state index contributed by atoms with van der Waals surface area (Å²) in [4.78, 5) is 0. The zero-order valence-corrected chi connectivity index (χ0v) is 6.39. The van der Waals surface area contributed by atoms with Gasteiger partial charge in [0, 0.05) is 22.4 Å². The van der Waals surface area contributed by atoms with E-state index in [1.807, 2.05) is 0 Å². The standard InChI is InChI=1S/C3H6N.Ta/c1-3-2-4-3;/h3H,2H2,1H3;/q-1;. The summed E-state index contributed by atoms with van der Waals surface area (Å²) < 4.78 is 0. The van der Waals surface area contributed by atoms with Gasteiger partial charge in [-0.25, -0.2) is 0 Å². The first-order valence-corrected chi connectivity index (χ1v) is 1.56. The molecular weight excluding hydrogens is 231 g/mol. The molecule has 1 unspecified atom stereocenters. The minimum Gasteiger partial charge on any atom is -0.662 e. The molecule has 0 aromatic heterocycles. The van der Waals surface area contributed by atoms with Crippen molar-refractivity contribution >= 4 is 0 Å². The molecule has 1 rings (SSSR count). The van der Waals surface area contributed by atoms with Gasteiger partial charge in [0.1, 0.15) is 0 Å². The maximum absolute atomic E-state index is 3.90. The van der Waals surface area contributed by atoms with Crippen molar-refractivity contribution in [2.75, 3.05) is 6.54 Å². The zero-order chi connectivity index (χ0) is 2.99. The van der Waals surface area contributed by atoms with Crippen molar-refractivity contribution in [2.45, 2.75) is 13.0 Å². The summed E-state index contributed by atoms with van der Waals surface area (Å²) in [5, 5.41) is 3.90. The van der Waals surface area contributed by atoms with Crippen LogP contribution in [-0.2, 0) is 22.4 Å². The van der Waals surface area contributed by atoms with Crippen molar-refractivity contribution in [3.05, 3.63) is 5.32 Å². The fourth-order valence-electron chi connectivity index (χ4n) is 0.105. The molecule has 0 amide bonds. The number of rotatable bonds is 0.